The van der Waals surface area contributed by atoms with Crippen molar-refractivity contribution < 1.29 is 14.6 Å². The van der Waals surface area contributed by atoms with Gasteiger partial charge in [-0.05, 0) is 25.1 Å². The second kappa shape index (κ2) is 6.24. The Labute approximate surface area is 112 Å². The Morgan fingerprint density at radius 1 is 1.42 bits per heavy atom. The van der Waals surface area contributed by atoms with Gasteiger partial charge in [-0.25, -0.2) is 0 Å². The lowest BCUT2D eigenvalue weighted by atomic mass is 10.1. The number of aromatic nitrogens is 2. The Balaban J connectivity index is 2.04. The summed E-state index contributed by atoms with van der Waals surface area (Å²) in [6, 6.07) is 7.27. The molecule has 0 spiro atoms. The monoisotopic (exact) mass is 262 g/mol. The average molecular weight is 262 g/mol. The van der Waals surface area contributed by atoms with Crippen LogP contribution < -0.4 is 9.47 Å². The number of aliphatic hydroxyl groups is 1. The van der Waals surface area contributed by atoms with Crippen LogP contribution in [0.25, 0.3) is 0 Å². The third-order valence-corrected chi connectivity index (χ3v) is 2.81. The van der Waals surface area contributed by atoms with Crippen LogP contribution in [0.5, 0.6) is 11.5 Å². The largest absolute Gasteiger partial charge is 0.497 e. The highest BCUT2D eigenvalue weighted by Gasteiger charge is 2.10. The maximum absolute atomic E-state index is 9.71. The molecule has 2 aromatic rings. The van der Waals surface area contributed by atoms with E-state index in [2.05, 4.69) is 5.10 Å². The molecule has 0 fully saturated rings. The second-order valence-corrected chi connectivity index (χ2v) is 4.20. The van der Waals surface area contributed by atoms with Crippen LogP contribution >= 0.6 is 0 Å². The Kier molecular flexibility index (Phi) is 4.41. The second-order valence-electron chi connectivity index (χ2n) is 4.20. The lowest BCUT2D eigenvalue weighted by molar-refractivity contribution is 0.189. The molecule has 0 bridgehead atoms. The summed E-state index contributed by atoms with van der Waals surface area (Å²) in [6.45, 7) is 2.85. The molecule has 0 aliphatic heterocycles. The van der Waals surface area contributed by atoms with Crippen LogP contribution in [0.2, 0.25) is 0 Å². The van der Waals surface area contributed by atoms with Gasteiger partial charge in [0.2, 0.25) is 0 Å². The zero-order valence-corrected chi connectivity index (χ0v) is 11.1. The normalized spacial score (nSPS) is 12.2. The van der Waals surface area contributed by atoms with Crippen LogP contribution in [-0.4, -0.2) is 28.6 Å². The maximum atomic E-state index is 9.71. The van der Waals surface area contributed by atoms with Gasteiger partial charge in [-0.2, -0.15) is 5.10 Å². The fourth-order valence-corrected chi connectivity index (χ4v) is 1.79. The molecule has 5 heteroatoms. The molecule has 0 amide bonds. The van der Waals surface area contributed by atoms with Gasteiger partial charge in [0.05, 0.1) is 19.8 Å². The molecule has 19 heavy (non-hydrogen) atoms. The van der Waals surface area contributed by atoms with Crippen molar-refractivity contribution in [3.63, 3.8) is 0 Å². The van der Waals surface area contributed by atoms with E-state index in [4.69, 9.17) is 9.47 Å². The van der Waals surface area contributed by atoms with E-state index in [0.717, 1.165) is 5.56 Å². The van der Waals surface area contributed by atoms with Gasteiger partial charge in [0.15, 0.2) is 0 Å². The third kappa shape index (κ3) is 3.48. The van der Waals surface area contributed by atoms with Gasteiger partial charge in [-0.1, -0.05) is 0 Å². The van der Waals surface area contributed by atoms with Crippen LogP contribution in [0.1, 0.15) is 18.6 Å². The van der Waals surface area contributed by atoms with Crippen molar-refractivity contribution in [2.24, 2.45) is 0 Å². The molecule has 0 saturated heterocycles. The summed E-state index contributed by atoms with van der Waals surface area (Å²) in [6.07, 6.45) is 3.03. The number of rotatable bonds is 6. The molecule has 0 radical (unpaired) electrons. The summed E-state index contributed by atoms with van der Waals surface area (Å²) in [5.41, 5.74) is 0.751. The van der Waals surface area contributed by atoms with Gasteiger partial charge >= 0.3 is 0 Å². The summed E-state index contributed by atoms with van der Waals surface area (Å²) < 4.78 is 12.7. The minimum Gasteiger partial charge on any atom is -0.497 e. The molecule has 0 aliphatic rings. The third-order valence-electron chi connectivity index (χ3n) is 2.81. The summed E-state index contributed by atoms with van der Waals surface area (Å²) in [7, 11) is 1.60. The van der Waals surface area contributed by atoms with E-state index < -0.39 is 6.10 Å². The topological polar surface area (TPSA) is 56.5 Å². The summed E-state index contributed by atoms with van der Waals surface area (Å²) in [5.74, 6) is 1.35. The zero-order valence-electron chi connectivity index (χ0n) is 11.1. The molecule has 0 aliphatic carbocycles. The highest BCUT2D eigenvalue weighted by atomic mass is 16.5. The van der Waals surface area contributed by atoms with E-state index >= 15 is 0 Å². The van der Waals surface area contributed by atoms with Gasteiger partial charge in [-0.15, -0.1) is 0 Å². The molecule has 1 N–H and O–H groups in total. The SMILES string of the molecule is COc1ccc(C(C)O)c(OCCn2cccn2)c1. The van der Waals surface area contributed by atoms with Crippen molar-refractivity contribution in [2.45, 2.75) is 19.6 Å². The Morgan fingerprint density at radius 2 is 2.26 bits per heavy atom. The van der Waals surface area contributed by atoms with E-state index in [1.165, 1.54) is 0 Å². The predicted molar refractivity (Wildman–Crippen MR) is 71.3 cm³/mol. The van der Waals surface area contributed by atoms with Crippen molar-refractivity contribution in [1.29, 1.82) is 0 Å². The van der Waals surface area contributed by atoms with E-state index in [1.54, 1.807) is 31.0 Å². The maximum Gasteiger partial charge on any atom is 0.128 e. The average Bonchev–Trinajstić information content (AvgIpc) is 2.91. The summed E-state index contributed by atoms with van der Waals surface area (Å²) >= 11 is 0. The molecule has 1 aromatic carbocycles. The van der Waals surface area contributed by atoms with Gasteiger partial charge < -0.3 is 14.6 Å². The lowest BCUT2D eigenvalue weighted by Gasteiger charge is -2.14. The molecule has 2 rings (SSSR count). The number of hydrogen-bond acceptors (Lipinski definition) is 4. The zero-order chi connectivity index (χ0) is 13.7. The number of methoxy groups -OCH3 is 1. The van der Waals surface area contributed by atoms with E-state index in [1.807, 2.05) is 24.4 Å². The van der Waals surface area contributed by atoms with Crippen molar-refractivity contribution in [1.82, 2.24) is 9.78 Å². The molecule has 102 valence electrons. The summed E-state index contributed by atoms with van der Waals surface area (Å²) in [5, 5.41) is 13.8. The van der Waals surface area contributed by atoms with Gasteiger partial charge in [0.1, 0.15) is 18.1 Å². The van der Waals surface area contributed by atoms with E-state index in [9.17, 15) is 5.11 Å². The molecule has 1 heterocycles. The fraction of sp³-hybridized carbons (Fsp3) is 0.357. The van der Waals surface area contributed by atoms with E-state index in [0.29, 0.717) is 24.7 Å². The van der Waals surface area contributed by atoms with Crippen molar-refractivity contribution in [2.75, 3.05) is 13.7 Å². The van der Waals surface area contributed by atoms with Crippen molar-refractivity contribution >= 4 is 0 Å². The van der Waals surface area contributed by atoms with Crippen LogP contribution in [0.4, 0.5) is 0 Å². The van der Waals surface area contributed by atoms with E-state index in [-0.39, 0.29) is 0 Å². The fourth-order valence-electron chi connectivity index (χ4n) is 1.79. The number of ether oxygens (including phenoxy) is 2. The molecule has 5 nitrogen and oxygen atoms in total. The molecule has 1 unspecified atom stereocenters. The molecule has 0 saturated carbocycles. The minimum atomic E-state index is -0.578. The molecule has 1 aromatic heterocycles. The number of aliphatic hydroxyl groups excluding tert-OH is 1. The molecular formula is C14H18N2O3. The Hall–Kier alpha value is -2.01. The predicted octanol–water partition coefficient (Wildman–Crippen LogP) is 2.02. The minimum absolute atomic E-state index is 0.481. The number of hydrogen-bond donors (Lipinski definition) is 1. The highest BCUT2D eigenvalue weighted by Crippen LogP contribution is 2.29. The smallest absolute Gasteiger partial charge is 0.128 e. The first-order valence-corrected chi connectivity index (χ1v) is 6.17. The van der Waals surface area contributed by atoms with Gasteiger partial charge in [0.25, 0.3) is 0 Å². The number of benzene rings is 1. The van der Waals surface area contributed by atoms with Crippen LogP contribution in [-0.2, 0) is 6.54 Å². The van der Waals surface area contributed by atoms with Gasteiger partial charge in [-0.3, -0.25) is 4.68 Å². The lowest BCUT2D eigenvalue weighted by Crippen LogP contribution is -2.10. The van der Waals surface area contributed by atoms with Crippen LogP contribution in [0.3, 0.4) is 0 Å². The van der Waals surface area contributed by atoms with Crippen molar-refractivity contribution in [3.05, 3.63) is 42.2 Å². The standard InChI is InChI=1S/C14H18N2O3/c1-11(17)13-5-4-12(18-2)10-14(13)19-9-8-16-7-3-6-15-16/h3-7,10-11,17H,8-9H2,1-2H3. The number of nitrogens with zero attached hydrogens (tertiary/aromatic N) is 2. The Bertz CT molecular complexity index is 509. The molecule has 1 atom stereocenters. The molecular weight excluding hydrogens is 244 g/mol. The first-order chi connectivity index (χ1) is 9.20. The van der Waals surface area contributed by atoms with Crippen LogP contribution in [0.15, 0.2) is 36.7 Å². The van der Waals surface area contributed by atoms with Gasteiger partial charge in [0, 0.05) is 24.0 Å². The highest BCUT2D eigenvalue weighted by molar-refractivity contribution is 5.41. The van der Waals surface area contributed by atoms with Crippen LogP contribution in [0, 0.1) is 0 Å². The quantitative estimate of drug-likeness (QED) is 0.865. The summed E-state index contributed by atoms with van der Waals surface area (Å²) in [4.78, 5) is 0. The first kappa shape index (κ1) is 13.4. The first-order valence-electron chi connectivity index (χ1n) is 6.17. The Morgan fingerprint density at radius 3 is 2.89 bits per heavy atom. The van der Waals surface area contributed by atoms with Crippen molar-refractivity contribution in [3.8, 4) is 11.5 Å².